The van der Waals surface area contributed by atoms with Crippen LogP contribution in [0.2, 0.25) is 10.0 Å². The SMILES string of the molecule is CC(C)(C)c1[c-]c2c(cc1)-c1ccc(C(C)(C)C)cc1C2.Clc1cccc([C](=[Zr+2])c2cccc(Cl)c2)c1.[Cl-].[Cl-].c1cc[cH-]c1. The Morgan fingerprint density at radius 2 is 1.23 bits per heavy atom. The molecule has 0 unspecified atom stereocenters. The number of halogens is 4. The summed E-state index contributed by atoms with van der Waals surface area (Å²) in [7, 11) is 0. The minimum Gasteiger partial charge on any atom is -1.00 e. The Morgan fingerprint density at radius 1 is 0.682 bits per heavy atom. The molecule has 0 bridgehead atoms. The molecular weight excluding hydrogens is 701 g/mol. The number of benzene rings is 4. The van der Waals surface area contributed by atoms with Crippen molar-refractivity contribution in [2.24, 2.45) is 0 Å². The van der Waals surface area contributed by atoms with Crippen LogP contribution < -0.4 is 24.8 Å². The molecule has 0 aromatic heterocycles. The minimum absolute atomic E-state index is 0. The standard InChI is InChI=1S/C21H25.C13H8Cl2.C5H5.2ClH.Zr/c1-20(2,3)16-7-9-18-14(12-16)11-15-13-17(21(4,5)6)8-10-19(15)18;14-12-5-1-3-10(8-12)7-11-4-2-6-13(15)9-11;1-2-4-5-3-1;;;/h7-10,12H,11H2,1-6H3;1-6,8-9H;1-5H;2*1H;/q-1;;-1;;;+2/p-2. The third kappa shape index (κ3) is 10.3. The molecular formula is C39H38Cl4Zr-2. The molecule has 1 aliphatic carbocycles. The summed E-state index contributed by atoms with van der Waals surface area (Å²) >= 11 is 13.3. The summed E-state index contributed by atoms with van der Waals surface area (Å²) < 4.78 is 1.26. The van der Waals surface area contributed by atoms with Gasteiger partial charge in [0.05, 0.1) is 0 Å². The van der Waals surface area contributed by atoms with Crippen LogP contribution in [0.25, 0.3) is 11.1 Å². The van der Waals surface area contributed by atoms with Crippen molar-refractivity contribution in [3.63, 3.8) is 0 Å². The molecule has 0 atom stereocenters. The molecule has 44 heavy (non-hydrogen) atoms. The summed E-state index contributed by atoms with van der Waals surface area (Å²) in [6.45, 7) is 13.6. The predicted octanol–water partition coefficient (Wildman–Crippen LogP) is 5.18. The molecule has 0 heterocycles. The van der Waals surface area contributed by atoms with E-state index in [9.17, 15) is 0 Å². The van der Waals surface area contributed by atoms with Gasteiger partial charge in [0, 0.05) is 0 Å². The van der Waals surface area contributed by atoms with Crippen LogP contribution in [0.3, 0.4) is 0 Å². The average Bonchev–Trinajstić information content (AvgIpc) is 3.63. The first kappa shape index (κ1) is 38.3. The summed E-state index contributed by atoms with van der Waals surface area (Å²) in [4.78, 5) is 0. The second-order valence-electron chi connectivity index (χ2n) is 12.7. The molecule has 5 aromatic carbocycles. The summed E-state index contributed by atoms with van der Waals surface area (Å²) in [6, 6.07) is 41.0. The Bertz CT molecular complexity index is 1530. The first-order valence-corrected chi connectivity index (χ1v) is 16.3. The van der Waals surface area contributed by atoms with Gasteiger partial charge >= 0.3 is 120 Å². The van der Waals surface area contributed by atoms with Gasteiger partial charge in [-0.1, -0.05) is 65.3 Å². The first-order valence-electron chi connectivity index (χ1n) is 14.3. The molecule has 0 spiro atoms. The van der Waals surface area contributed by atoms with Crippen molar-refractivity contribution < 1.29 is 49.0 Å². The molecule has 0 saturated carbocycles. The van der Waals surface area contributed by atoms with E-state index in [1.165, 1.54) is 60.8 Å². The van der Waals surface area contributed by atoms with E-state index in [1.54, 1.807) is 0 Å². The fourth-order valence-corrected chi connectivity index (χ4v) is 5.95. The molecule has 0 radical (unpaired) electrons. The minimum atomic E-state index is 0. The van der Waals surface area contributed by atoms with Gasteiger partial charge in [-0.2, -0.15) is 42.0 Å². The van der Waals surface area contributed by atoms with Crippen molar-refractivity contribution >= 4 is 26.4 Å². The summed E-state index contributed by atoms with van der Waals surface area (Å²) in [5.41, 5.74) is 11.0. The third-order valence-corrected chi connectivity index (χ3v) is 9.14. The first-order chi connectivity index (χ1) is 19.8. The van der Waals surface area contributed by atoms with Gasteiger partial charge in [-0.15, -0.1) is 11.1 Å². The molecule has 1 aliphatic rings. The van der Waals surface area contributed by atoms with E-state index < -0.39 is 0 Å². The monoisotopic (exact) mass is 736 g/mol. The van der Waals surface area contributed by atoms with Crippen LogP contribution in [0.5, 0.6) is 0 Å². The van der Waals surface area contributed by atoms with Gasteiger partial charge < -0.3 is 24.8 Å². The van der Waals surface area contributed by atoms with E-state index in [0.717, 1.165) is 27.6 Å². The van der Waals surface area contributed by atoms with Gasteiger partial charge in [0.15, 0.2) is 0 Å². The van der Waals surface area contributed by atoms with Crippen molar-refractivity contribution in [3.05, 3.63) is 159 Å². The van der Waals surface area contributed by atoms with E-state index in [1.807, 2.05) is 66.7 Å². The van der Waals surface area contributed by atoms with Crippen LogP contribution in [0.1, 0.15) is 74.9 Å². The second kappa shape index (κ2) is 16.6. The molecule has 5 aromatic rings. The Balaban J connectivity index is 0.000000260. The maximum absolute atomic E-state index is 5.98. The molecule has 0 N–H and O–H groups in total. The maximum atomic E-state index is 5.98. The predicted molar refractivity (Wildman–Crippen MR) is 179 cm³/mol. The Labute approximate surface area is 301 Å². The van der Waals surface area contributed by atoms with E-state index in [0.29, 0.717) is 0 Å². The van der Waals surface area contributed by atoms with Crippen molar-refractivity contribution in [1.29, 1.82) is 0 Å². The fourth-order valence-electron chi connectivity index (χ4n) is 4.80. The molecule has 5 heteroatoms. The van der Waals surface area contributed by atoms with Crippen molar-refractivity contribution in [2.75, 3.05) is 0 Å². The summed E-state index contributed by atoms with van der Waals surface area (Å²) in [5.74, 6) is 0. The van der Waals surface area contributed by atoms with E-state index in [-0.39, 0.29) is 35.6 Å². The van der Waals surface area contributed by atoms with E-state index in [4.69, 9.17) is 23.2 Å². The van der Waals surface area contributed by atoms with Crippen molar-refractivity contribution in [1.82, 2.24) is 0 Å². The van der Waals surface area contributed by atoms with Crippen molar-refractivity contribution in [3.8, 4) is 11.1 Å². The molecule has 0 amide bonds. The Hall–Kier alpha value is -1.86. The van der Waals surface area contributed by atoms with Crippen LogP contribution in [0, 0.1) is 6.07 Å². The van der Waals surface area contributed by atoms with Crippen LogP contribution >= 0.6 is 23.2 Å². The van der Waals surface area contributed by atoms with Gasteiger partial charge in [0.1, 0.15) is 0 Å². The molecule has 0 fully saturated rings. The van der Waals surface area contributed by atoms with E-state index in [2.05, 4.69) is 90.1 Å². The molecule has 228 valence electrons. The summed E-state index contributed by atoms with van der Waals surface area (Å²) in [5, 5.41) is 1.53. The number of fused-ring (bicyclic) bond motifs is 3. The number of rotatable bonds is 2. The van der Waals surface area contributed by atoms with Gasteiger partial charge in [-0.25, -0.2) is 12.1 Å². The fraction of sp³-hybridized carbons (Fsp3) is 0.231. The number of hydrogen-bond donors (Lipinski definition) is 0. The van der Waals surface area contributed by atoms with Gasteiger partial charge in [-0.3, -0.25) is 0 Å². The molecule has 6 rings (SSSR count). The van der Waals surface area contributed by atoms with Crippen LogP contribution in [0.15, 0.2) is 109 Å². The van der Waals surface area contributed by atoms with Crippen molar-refractivity contribution in [2.45, 2.75) is 58.8 Å². The van der Waals surface area contributed by atoms with Gasteiger partial charge in [-0.05, 0) is 28.4 Å². The maximum Gasteiger partial charge on any atom is -0.172 e. The largest absolute Gasteiger partial charge is 1.00 e. The normalized spacial score (nSPS) is 11.3. The van der Waals surface area contributed by atoms with Crippen LogP contribution in [-0.2, 0) is 41.5 Å². The van der Waals surface area contributed by atoms with Crippen LogP contribution in [0.4, 0.5) is 0 Å². The number of hydrogen-bond acceptors (Lipinski definition) is 0. The third-order valence-electron chi connectivity index (χ3n) is 7.25. The molecule has 0 saturated heterocycles. The topological polar surface area (TPSA) is 0 Å². The van der Waals surface area contributed by atoms with Gasteiger partial charge in [0.25, 0.3) is 0 Å². The zero-order chi connectivity index (χ0) is 30.5. The Morgan fingerprint density at radius 3 is 1.68 bits per heavy atom. The average molecular weight is 740 g/mol. The molecule has 0 nitrogen and oxygen atoms in total. The second-order valence-corrected chi connectivity index (χ2v) is 14.8. The molecule has 0 aliphatic heterocycles. The zero-order valence-corrected chi connectivity index (χ0v) is 31.6. The zero-order valence-electron chi connectivity index (χ0n) is 26.1. The summed E-state index contributed by atoms with van der Waals surface area (Å²) in [6.07, 6.45) is 1.03. The van der Waals surface area contributed by atoms with E-state index >= 15 is 0 Å². The van der Waals surface area contributed by atoms with Crippen LogP contribution in [-0.4, -0.2) is 3.21 Å². The van der Waals surface area contributed by atoms with Gasteiger partial charge in [0.2, 0.25) is 0 Å². The quantitative estimate of drug-likeness (QED) is 0.215. The Kier molecular flexibility index (Phi) is 14.5. The smallest absolute Gasteiger partial charge is 0.172 e.